The molecule has 0 fully saturated rings. The summed E-state index contributed by atoms with van der Waals surface area (Å²) in [5.41, 5.74) is 12.8. The number of azide groups is 1. The lowest BCUT2D eigenvalue weighted by Gasteiger charge is -2.20. The lowest BCUT2D eigenvalue weighted by molar-refractivity contribution is 0.690. The van der Waals surface area contributed by atoms with E-state index in [1.165, 1.54) is 51.9 Å². The summed E-state index contributed by atoms with van der Waals surface area (Å²) in [6.07, 6.45) is 4.90. The van der Waals surface area contributed by atoms with Crippen molar-refractivity contribution in [1.29, 1.82) is 0 Å². The van der Waals surface area contributed by atoms with Crippen molar-refractivity contribution >= 4 is 21.5 Å². The Morgan fingerprint density at radius 3 is 2.55 bits per heavy atom. The summed E-state index contributed by atoms with van der Waals surface area (Å²) in [6.45, 7) is 0.413. The highest BCUT2D eigenvalue weighted by atomic mass is 15.1. The minimum absolute atomic E-state index is 0.413. The van der Waals surface area contributed by atoms with Crippen molar-refractivity contribution in [2.75, 3.05) is 0 Å². The second-order valence-electron chi connectivity index (χ2n) is 5.98. The highest BCUT2D eigenvalue weighted by Gasteiger charge is 2.15. The van der Waals surface area contributed by atoms with Crippen LogP contribution in [0.2, 0.25) is 0 Å². The van der Waals surface area contributed by atoms with E-state index in [4.69, 9.17) is 5.53 Å². The molecular weight excluding hydrogens is 270 g/mol. The third kappa shape index (κ3) is 2.02. The molecule has 3 nitrogen and oxygen atoms in total. The highest BCUT2D eigenvalue weighted by molar-refractivity contribution is 6.10. The van der Waals surface area contributed by atoms with E-state index >= 15 is 0 Å². The van der Waals surface area contributed by atoms with Crippen molar-refractivity contribution in [2.45, 2.75) is 32.2 Å². The van der Waals surface area contributed by atoms with Crippen LogP contribution in [-0.2, 0) is 19.4 Å². The molecule has 0 aliphatic heterocycles. The molecule has 0 N–H and O–H groups in total. The Kier molecular flexibility index (Phi) is 3.21. The number of hydrogen-bond donors (Lipinski definition) is 0. The molecule has 0 atom stereocenters. The van der Waals surface area contributed by atoms with Gasteiger partial charge >= 0.3 is 0 Å². The molecule has 108 valence electrons. The van der Waals surface area contributed by atoms with Gasteiger partial charge in [-0.2, -0.15) is 0 Å². The normalized spacial score (nSPS) is 13.8. The molecule has 1 aliphatic rings. The molecule has 0 saturated carbocycles. The maximum absolute atomic E-state index is 8.66. The molecular formula is C19H17N3. The van der Waals surface area contributed by atoms with Crippen LogP contribution in [0.1, 0.15) is 29.5 Å². The molecule has 0 radical (unpaired) electrons. The lowest BCUT2D eigenvalue weighted by Crippen LogP contribution is -2.03. The molecule has 3 heteroatoms. The average molecular weight is 287 g/mol. The van der Waals surface area contributed by atoms with Crippen molar-refractivity contribution < 1.29 is 0 Å². The maximum Gasteiger partial charge on any atom is 0.0517 e. The van der Waals surface area contributed by atoms with Gasteiger partial charge in [0.1, 0.15) is 0 Å². The van der Waals surface area contributed by atoms with Gasteiger partial charge in [0.2, 0.25) is 0 Å². The fourth-order valence-electron chi connectivity index (χ4n) is 3.74. The van der Waals surface area contributed by atoms with Crippen molar-refractivity contribution in [1.82, 2.24) is 0 Å². The molecule has 0 unspecified atom stereocenters. The Labute approximate surface area is 129 Å². The van der Waals surface area contributed by atoms with Gasteiger partial charge in [-0.1, -0.05) is 47.6 Å². The third-order valence-electron chi connectivity index (χ3n) is 4.76. The van der Waals surface area contributed by atoms with Crippen molar-refractivity contribution in [2.24, 2.45) is 5.11 Å². The quantitative estimate of drug-likeness (QED) is 0.252. The summed E-state index contributed by atoms with van der Waals surface area (Å²) in [5.74, 6) is 0. The van der Waals surface area contributed by atoms with Crippen molar-refractivity contribution in [3.63, 3.8) is 0 Å². The van der Waals surface area contributed by atoms with Gasteiger partial charge in [0.15, 0.2) is 0 Å². The first kappa shape index (κ1) is 13.2. The van der Waals surface area contributed by atoms with E-state index in [1.54, 1.807) is 0 Å². The van der Waals surface area contributed by atoms with Gasteiger partial charge in [-0.3, -0.25) is 0 Å². The second kappa shape index (κ2) is 5.36. The van der Waals surface area contributed by atoms with Crippen LogP contribution in [0.4, 0.5) is 0 Å². The Balaban J connectivity index is 2.10. The van der Waals surface area contributed by atoms with Gasteiger partial charge in [-0.25, -0.2) is 0 Å². The standard InChI is InChI=1S/C19H17N3/c20-22-21-12-14-11-19-15-6-2-1-5-13(15)9-10-18(19)17-8-4-3-7-16(14)17/h3-4,7-11H,1-2,5-6,12H2. The van der Waals surface area contributed by atoms with Crippen LogP contribution in [0.3, 0.4) is 0 Å². The van der Waals surface area contributed by atoms with Crippen LogP contribution in [0.15, 0.2) is 47.6 Å². The molecule has 0 saturated heterocycles. The topological polar surface area (TPSA) is 48.8 Å². The van der Waals surface area contributed by atoms with E-state index in [1.807, 2.05) is 6.07 Å². The van der Waals surface area contributed by atoms with E-state index in [-0.39, 0.29) is 0 Å². The molecule has 3 aromatic carbocycles. The third-order valence-corrected chi connectivity index (χ3v) is 4.76. The monoisotopic (exact) mass is 287 g/mol. The fraction of sp³-hybridized carbons (Fsp3) is 0.263. The fourth-order valence-corrected chi connectivity index (χ4v) is 3.74. The molecule has 1 aliphatic carbocycles. The number of aryl methyl sites for hydroxylation is 2. The molecule has 22 heavy (non-hydrogen) atoms. The van der Waals surface area contributed by atoms with E-state index < -0.39 is 0 Å². The van der Waals surface area contributed by atoms with Crippen LogP contribution >= 0.6 is 0 Å². The van der Waals surface area contributed by atoms with E-state index in [0.29, 0.717) is 6.54 Å². The van der Waals surface area contributed by atoms with Crippen molar-refractivity contribution in [3.8, 4) is 0 Å². The van der Waals surface area contributed by atoms with Crippen LogP contribution in [0.25, 0.3) is 32.0 Å². The zero-order valence-electron chi connectivity index (χ0n) is 12.4. The summed E-state index contributed by atoms with van der Waals surface area (Å²) in [4.78, 5) is 2.93. The van der Waals surface area contributed by atoms with E-state index in [2.05, 4.69) is 46.4 Å². The average Bonchev–Trinajstić information content (AvgIpc) is 2.59. The highest BCUT2D eigenvalue weighted by Crippen LogP contribution is 2.35. The van der Waals surface area contributed by atoms with Gasteiger partial charge < -0.3 is 0 Å². The summed E-state index contributed by atoms with van der Waals surface area (Å²) in [7, 11) is 0. The summed E-state index contributed by atoms with van der Waals surface area (Å²) >= 11 is 0. The van der Waals surface area contributed by atoms with Gasteiger partial charge in [-0.05, 0) is 69.4 Å². The second-order valence-corrected chi connectivity index (χ2v) is 5.98. The van der Waals surface area contributed by atoms with Crippen molar-refractivity contribution in [3.05, 3.63) is 69.6 Å². The predicted molar refractivity (Wildman–Crippen MR) is 90.9 cm³/mol. The van der Waals surface area contributed by atoms with E-state index in [0.717, 1.165) is 12.0 Å². The Hall–Kier alpha value is -2.51. The van der Waals surface area contributed by atoms with Crippen LogP contribution in [0.5, 0.6) is 0 Å². The Morgan fingerprint density at radius 2 is 1.68 bits per heavy atom. The largest absolute Gasteiger partial charge is 0.0893 e. The smallest absolute Gasteiger partial charge is 0.0517 e. The Bertz CT molecular complexity index is 921. The first-order valence-corrected chi connectivity index (χ1v) is 7.84. The number of benzene rings is 3. The number of nitrogens with zero attached hydrogens (tertiary/aromatic N) is 3. The number of fused-ring (bicyclic) bond motifs is 5. The molecule has 4 rings (SSSR count). The number of rotatable bonds is 2. The molecule has 3 aromatic rings. The summed E-state index contributed by atoms with van der Waals surface area (Å²) < 4.78 is 0. The predicted octanol–water partition coefficient (Wildman–Crippen LogP) is 5.68. The summed E-state index contributed by atoms with van der Waals surface area (Å²) in [6, 6.07) is 15.2. The maximum atomic E-state index is 8.66. The minimum Gasteiger partial charge on any atom is -0.0893 e. The van der Waals surface area contributed by atoms with E-state index in [9.17, 15) is 0 Å². The zero-order valence-corrected chi connectivity index (χ0v) is 12.4. The summed E-state index contributed by atoms with van der Waals surface area (Å²) in [5, 5.41) is 8.91. The van der Waals surface area contributed by atoms with Crippen LogP contribution in [-0.4, -0.2) is 0 Å². The van der Waals surface area contributed by atoms with Gasteiger partial charge in [0.05, 0.1) is 6.54 Å². The molecule has 0 aromatic heterocycles. The van der Waals surface area contributed by atoms with Crippen LogP contribution in [0, 0.1) is 0 Å². The minimum atomic E-state index is 0.413. The van der Waals surface area contributed by atoms with Gasteiger partial charge in [0.25, 0.3) is 0 Å². The molecule has 0 bridgehead atoms. The molecule has 0 heterocycles. The SMILES string of the molecule is [N-]=[N+]=NCc1cc2c3c(ccc2c2ccccc12)CCCC3. The molecule has 0 spiro atoms. The zero-order chi connectivity index (χ0) is 14.9. The van der Waals surface area contributed by atoms with Gasteiger partial charge in [-0.15, -0.1) is 0 Å². The molecule has 0 amide bonds. The first-order chi connectivity index (χ1) is 10.9. The lowest BCUT2D eigenvalue weighted by atomic mass is 9.85. The van der Waals surface area contributed by atoms with Gasteiger partial charge in [0, 0.05) is 4.91 Å². The van der Waals surface area contributed by atoms with Crippen LogP contribution < -0.4 is 0 Å². The Morgan fingerprint density at radius 1 is 0.909 bits per heavy atom. The first-order valence-electron chi connectivity index (χ1n) is 7.84. The number of hydrogen-bond acceptors (Lipinski definition) is 1.